The molecule has 144 valence electrons. The molecule has 0 saturated carbocycles. The molecule has 0 spiro atoms. The van der Waals surface area contributed by atoms with Gasteiger partial charge >= 0.3 is 0 Å². The summed E-state index contributed by atoms with van der Waals surface area (Å²) in [5.41, 5.74) is -0.448. The lowest BCUT2D eigenvalue weighted by Crippen LogP contribution is -2.30. The quantitative estimate of drug-likeness (QED) is 0.150. The zero-order valence-corrected chi connectivity index (χ0v) is 17.4. The predicted molar refractivity (Wildman–Crippen MR) is 108 cm³/mol. The highest BCUT2D eigenvalue weighted by molar-refractivity contribution is 6.30. The smallest absolute Gasteiger partial charge is 0.165 e. The van der Waals surface area contributed by atoms with Crippen molar-refractivity contribution in [3.8, 4) is 0 Å². The van der Waals surface area contributed by atoms with E-state index in [-0.39, 0.29) is 5.78 Å². The summed E-state index contributed by atoms with van der Waals surface area (Å²) in [7, 11) is 3.70. The van der Waals surface area contributed by atoms with E-state index in [1.807, 2.05) is 14.1 Å². The molecule has 0 N–H and O–H groups in total. The molecular formula is C21H42ClNO. The van der Waals surface area contributed by atoms with Crippen molar-refractivity contribution in [3.05, 3.63) is 0 Å². The number of carbonyl (C=O) groups excluding carboxylic acids is 1. The van der Waals surface area contributed by atoms with Crippen molar-refractivity contribution >= 4 is 17.4 Å². The summed E-state index contributed by atoms with van der Waals surface area (Å²) >= 11 is 6.01. The Balaban J connectivity index is 3.17. The van der Waals surface area contributed by atoms with Crippen molar-refractivity contribution in [1.82, 2.24) is 4.90 Å². The lowest BCUT2D eigenvalue weighted by Gasteiger charge is -2.15. The van der Waals surface area contributed by atoms with Gasteiger partial charge in [-0.25, -0.2) is 0 Å². The molecule has 0 aromatic carbocycles. The largest absolute Gasteiger partial charge is 0.297 e. The maximum absolute atomic E-state index is 11.7. The van der Waals surface area contributed by atoms with Gasteiger partial charge in [0.25, 0.3) is 0 Å². The van der Waals surface area contributed by atoms with E-state index in [4.69, 9.17) is 11.6 Å². The molecule has 0 rings (SSSR count). The maximum atomic E-state index is 11.7. The molecule has 0 aromatic rings. The van der Waals surface area contributed by atoms with Gasteiger partial charge in [-0.3, -0.25) is 9.69 Å². The first-order valence-corrected chi connectivity index (χ1v) is 10.9. The summed E-state index contributed by atoms with van der Waals surface area (Å²) in [6.07, 6.45) is 20.9. The van der Waals surface area contributed by atoms with Gasteiger partial charge in [0.1, 0.15) is 5.50 Å². The molecule has 0 aromatic heterocycles. The van der Waals surface area contributed by atoms with Crippen LogP contribution < -0.4 is 0 Å². The van der Waals surface area contributed by atoms with Crippen molar-refractivity contribution in [3.63, 3.8) is 0 Å². The van der Waals surface area contributed by atoms with Gasteiger partial charge in [-0.1, -0.05) is 108 Å². The maximum Gasteiger partial charge on any atom is 0.165 e. The first kappa shape index (κ1) is 23.9. The summed E-state index contributed by atoms with van der Waals surface area (Å²) in [4.78, 5) is 13.5. The zero-order chi connectivity index (χ0) is 18.0. The summed E-state index contributed by atoms with van der Waals surface area (Å²) in [5, 5.41) is 0. The van der Waals surface area contributed by atoms with E-state index < -0.39 is 5.50 Å². The van der Waals surface area contributed by atoms with E-state index in [0.717, 1.165) is 6.42 Å². The Bertz CT molecular complexity index is 281. The van der Waals surface area contributed by atoms with Gasteiger partial charge in [0.15, 0.2) is 5.78 Å². The van der Waals surface area contributed by atoms with Gasteiger partial charge in [-0.15, -0.1) is 0 Å². The fraction of sp³-hybridized carbons (Fsp3) is 0.952. The van der Waals surface area contributed by atoms with Crippen molar-refractivity contribution in [2.45, 2.75) is 115 Å². The van der Waals surface area contributed by atoms with Crippen LogP contribution in [-0.4, -0.2) is 30.3 Å². The second-order valence-electron chi connectivity index (χ2n) is 7.47. The average Bonchev–Trinajstić information content (AvgIpc) is 2.57. The van der Waals surface area contributed by atoms with Crippen LogP contribution in [0.25, 0.3) is 0 Å². The third-order valence-corrected chi connectivity index (χ3v) is 5.38. The summed E-state index contributed by atoms with van der Waals surface area (Å²) < 4.78 is 0. The van der Waals surface area contributed by atoms with Gasteiger partial charge in [-0.2, -0.15) is 0 Å². The van der Waals surface area contributed by atoms with Crippen LogP contribution in [0.2, 0.25) is 0 Å². The van der Waals surface area contributed by atoms with Crippen molar-refractivity contribution < 1.29 is 4.79 Å². The number of nitrogens with zero attached hydrogens (tertiary/aromatic N) is 1. The molecule has 0 amide bonds. The summed E-state index contributed by atoms with van der Waals surface area (Å²) in [5.74, 6) is 0.163. The molecule has 0 bridgehead atoms. The Morgan fingerprint density at radius 2 is 1.04 bits per heavy atom. The first-order valence-electron chi connectivity index (χ1n) is 10.4. The minimum absolute atomic E-state index is 0.163. The fourth-order valence-corrected chi connectivity index (χ4v) is 3.19. The molecule has 0 aliphatic heterocycles. The molecule has 3 heteroatoms. The van der Waals surface area contributed by atoms with Gasteiger partial charge in [0.05, 0.1) is 0 Å². The Morgan fingerprint density at radius 3 is 1.38 bits per heavy atom. The molecule has 24 heavy (non-hydrogen) atoms. The van der Waals surface area contributed by atoms with Gasteiger partial charge in [0, 0.05) is 6.42 Å². The van der Waals surface area contributed by atoms with Crippen LogP contribution in [0, 0.1) is 0 Å². The van der Waals surface area contributed by atoms with Crippen LogP contribution in [0.15, 0.2) is 0 Å². The number of rotatable bonds is 18. The van der Waals surface area contributed by atoms with Crippen LogP contribution >= 0.6 is 11.6 Å². The fourth-order valence-electron chi connectivity index (χ4n) is 3.08. The second kappa shape index (κ2) is 17.7. The van der Waals surface area contributed by atoms with Crippen LogP contribution in [0.3, 0.4) is 0 Å². The van der Waals surface area contributed by atoms with Gasteiger partial charge in [-0.05, 0) is 20.5 Å². The molecule has 0 fully saturated rings. The number of carbonyl (C=O) groups is 1. The van der Waals surface area contributed by atoms with E-state index in [0.29, 0.717) is 6.42 Å². The molecule has 0 aliphatic carbocycles. The van der Waals surface area contributed by atoms with Gasteiger partial charge in [0.2, 0.25) is 0 Å². The van der Waals surface area contributed by atoms with Crippen LogP contribution in [0.5, 0.6) is 0 Å². The predicted octanol–water partition coefficient (Wildman–Crippen LogP) is 6.94. The van der Waals surface area contributed by atoms with E-state index in [1.54, 1.807) is 4.90 Å². The number of Topliss-reactive ketones (excluding diaryl/α,β-unsaturated/α-hetero) is 1. The molecule has 0 saturated heterocycles. The highest BCUT2D eigenvalue weighted by Gasteiger charge is 2.16. The van der Waals surface area contributed by atoms with Gasteiger partial charge < -0.3 is 0 Å². The molecule has 0 heterocycles. The number of hydrogen-bond acceptors (Lipinski definition) is 2. The minimum atomic E-state index is -0.448. The number of halogens is 1. The van der Waals surface area contributed by atoms with Crippen molar-refractivity contribution in [1.29, 1.82) is 0 Å². The number of alkyl halides is 1. The second-order valence-corrected chi connectivity index (χ2v) is 7.88. The average molecular weight is 360 g/mol. The van der Waals surface area contributed by atoms with E-state index in [9.17, 15) is 4.79 Å². The highest BCUT2D eigenvalue weighted by atomic mass is 35.5. The van der Waals surface area contributed by atoms with Crippen molar-refractivity contribution in [2.75, 3.05) is 14.1 Å². The molecule has 0 aliphatic rings. The first-order chi connectivity index (χ1) is 11.6. The topological polar surface area (TPSA) is 20.3 Å². The Morgan fingerprint density at radius 1 is 0.708 bits per heavy atom. The minimum Gasteiger partial charge on any atom is -0.297 e. The van der Waals surface area contributed by atoms with Crippen LogP contribution in [0.4, 0.5) is 0 Å². The molecule has 2 nitrogen and oxygen atoms in total. The molecule has 1 unspecified atom stereocenters. The van der Waals surface area contributed by atoms with E-state index in [2.05, 4.69) is 6.92 Å². The standard InChI is InChI=1S/C21H42ClNO/c1-4-5-6-7-8-9-10-11-12-13-14-15-16-17-18-19-20(24)21(22)23(2)3/h21H,4-19H2,1-3H3. The van der Waals surface area contributed by atoms with Crippen molar-refractivity contribution in [2.24, 2.45) is 0 Å². The Hall–Kier alpha value is -0.0800. The van der Waals surface area contributed by atoms with Crippen LogP contribution in [0.1, 0.15) is 110 Å². The Labute approximate surface area is 156 Å². The van der Waals surface area contributed by atoms with Crippen LogP contribution in [-0.2, 0) is 4.79 Å². The number of ketones is 1. The number of unbranched alkanes of at least 4 members (excludes halogenated alkanes) is 14. The third-order valence-electron chi connectivity index (χ3n) is 4.75. The molecular weight excluding hydrogens is 318 g/mol. The lowest BCUT2D eigenvalue weighted by atomic mass is 10.0. The number of likely N-dealkylation sites (N-methyl/N-ethyl adjacent to an activating group) is 1. The third kappa shape index (κ3) is 15.4. The highest BCUT2D eigenvalue weighted by Crippen LogP contribution is 2.14. The Kier molecular flexibility index (Phi) is 17.7. The summed E-state index contributed by atoms with van der Waals surface area (Å²) in [6, 6.07) is 0. The molecule has 1 atom stereocenters. The molecule has 0 radical (unpaired) electrons. The van der Waals surface area contributed by atoms with E-state index >= 15 is 0 Å². The summed E-state index contributed by atoms with van der Waals surface area (Å²) in [6.45, 7) is 2.28. The zero-order valence-electron chi connectivity index (χ0n) is 16.6. The monoisotopic (exact) mass is 359 g/mol. The number of hydrogen-bond donors (Lipinski definition) is 0. The SMILES string of the molecule is CCCCCCCCCCCCCCCCCC(=O)C(Cl)N(C)C. The normalized spacial score (nSPS) is 12.7. The lowest BCUT2D eigenvalue weighted by molar-refractivity contribution is -0.121. The van der Waals surface area contributed by atoms with E-state index in [1.165, 1.54) is 89.9 Å².